The molecule has 2 amide bonds. The monoisotopic (exact) mass is 446 g/mol. The second-order valence-electron chi connectivity index (χ2n) is 7.11. The number of ether oxygens (including phenoxy) is 1. The highest BCUT2D eigenvalue weighted by molar-refractivity contribution is 7.89. The van der Waals surface area contributed by atoms with Crippen LogP contribution in [0.1, 0.15) is 5.56 Å². The van der Waals surface area contributed by atoms with Gasteiger partial charge in [0, 0.05) is 38.4 Å². The summed E-state index contributed by atoms with van der Waals surface area (Å²) in [7, 11) is -2.61. The number of anilines is 1. The molecule has 1 heterocycles. The third-order valence-electron chi connectivity index (χ3n) is 4.98. The van der Waals surface area contributed by atoms with Crippen LogP contribution >= 0.6 is 0 Å². The van der Waals surface area contributed by atoms with Gasteiger partial charge in [0.1, 0.15) is 0 Å². The fourth-order valence-electron chi connectivity index (χ4n) is 3.24. The molecule has 0 spiro atoms. The van der Waals surface area contributed by atoms with Gasteiger partial charge in [0.05, 0.1) is 18.6 Å². The molecule has 9 nitrogen and oxygen atoms in total. The predicted octanol–water partition coefficient (Wildman–Crippen LogP) is 1.49. The van der Waals surface area contributed by atoms with E-state index < -0.39 is 16.1 Å². The van der Waals surface area contributed by atoms with Crippen molar-refractivity contribution in [2.75, 3.05) is 45.2 Å². The molecule has 1 aliphatic heterocycles. The molecule has 2 aromatic rings. The van der Waals surface area contributed by atoms with Crippen LogP contribution in [-0.2, 0) is 26.1 Å². The molecule has 1 saturated heterocycles. The number of hydrogen-bond acceptors (Lipinski definition) is 6. The molecule has 3 rings (SSSR count). The number of carbonyl (C=O) groups is 2. The number of hydrogen-bond donors (Lipinski definition) is 2. The largest absolute Gasteiger partial charge is 0.453 e. The normalized spacial score (nSPS) is 14.8. The first-order valence-electron chi connectivity index (χ1n) is 9.86. The van der Waals surface area contributed by atoms with E-state index >= 15 is 0 Å². The maximum absolute atomic E-state index is 12.5. The Morgan fingerprint density at radius 1 is 0.968 bits per heavy atom. The number of methoxy groups -OCH3 is 1. The second-order valence-corrected chi connectivity index (χ2v) is 8.87. The van der Waals surface area contributed by atoms with Gasteiger partial charge < -0.3 is 9.64 Å². The van der Waals surface area contributed by atoms with Crippen LogP contribution in [0.5, 0.6) is 0 Å². The van der Waals surface area contributed by atoms with Gasteiger partial charge in [0.25, 0.3) is 0 Å². The second kappa shape index (κ2) is 10.4. The zero-order valence-electron chi connectivity index (χ0n) is 17.3. The molecule has 1 fully saturated rings. The minimum absolute atomic E-state index is 0.00314. The summed E-state index contributed by atoms with van der Waals surface area (Å²) in [5.74, 6) is -0.257. The topological polar surface area (TPSA) is 108 Å². The summed E-state index contributed by atoms with van der Waals surface area (Å²) in [6.07, 6.45) is -0.650. The molecule has 2 aromatic carbocycles. The predicted molar refractivity (Wildman–Crippen MR) is 116 cm³/mol. The van der Waals surface area contributed by atoms with Crippen molar-refractivity contribution in [3.05, 3.63) is 60.2 Å². The van der Waals surface area contributed by atoms with Crippen LogP contribution in [0, 0.1) is 0 Å². The number of sulfonamides is 1. The summed E-state index contributed by atoms with van der Waals surface area (Å²) in [6, 6.07) is 15.7. The Morgan fingerprint density at radius 3 is 2.23 bits per heavy atom. The Kier molecular flexibility index (Phi) is 7.61. The first-order valence-corrected chi connectivity index (χ1v) is 11.3. The summed E-state index contributed by atoms with van der Waals surface area (Å²) in [5.41, 5.74) is 1.62. The zero-order valence-corrected chi connectivity index (χ0v) is 18.1. The molecule has 0 aliphatic carbocycles. The number of nitrogens with zero attached hydrogens (tertiary/aromatic N) is 2. The van der Waals surface area contributed by atoms with Gasteiger partial charge >= 0.3 is 6.09 Å². The Hall–Kier alpha value is -2.95. The van der Waals surface area contributed by atoms with Crippen LogP contribution in [0.3, 0.4) is 0 Å². The standard InChI is InChI=1S/C21H26N4O5S/c1-30-21(27)23-18-7-9-19(10-8-18)31(28,29)22-15-20(26)25-13-11-24(12-14-25)16-17-5-3-2-4-6-17/h2-10,22H,11-16H2,1H3,(H,23,27). The first-order chi connectivity index (χ1) is 14.9. The van der Waals surface area contributed by atoms with Crippen molar-refractivity contribution in [1.82, 2.24) is 14.5 Å². The lowest BCUT2D eigenvalue weighted by Crippen LogP contribution is -2.50. The van der Waals surface area contributed by atoms with Crippen LogP contribution in [-0.4, -0.2) is 70.1 Å². The van der Waals surface area contributed by atoms with Crippen molar-refractivity contribution in [3.63, 3.8) is 0 Å². The minimum Gasteiger partial charge on any atom is -0.453 e. The third kappa shape index (κ3) is 6.51. The van der Waals surface area contributed by atoms with Crippen molar-refractivity contribution < 1.29 is 22.7 Å². The van der Waals surface area contributed by atoms with Crippen LogP contribution in [0.2, 0.25) is 0 Å². The zero-order chi connectivity index (χ0) is 22.3. The Morgan fingerprint density at radius 2 is 1.61 bits per heavy atom. The van der Waals surface area contributed by atoms with Gasteiger partial charge in [-0.1, -0.05) is 30.3 Å². The molecule has 31 heavy (non-hydrogen) atoms. The van der Waals surface area contributed by atoms with Gasteiger partial charge in [-0.05, 0) is 29.8 Å². The van der Waals surface area contributed by atoms with Gasteiger partial charge in [0.2, 0.25) is 15.9 Å². The number of amides is 2. The van der Waals surface area contributed by atoms with E-state index in [4.69, 9.17) is 0 Å². The number of rotatable bonds is 7. The smallest absolute Gasteiger partial charge is 0.411 e. The Balaban J connectivity index is 1.47. The van der Waals surface area contributed by atoms with Gasteiger partial charge in [-0.25, -0.2) is 17.9 Å². The molecule has 0 saturated carbocycles. The van der Waals surface area contributed by atoms with E-state index in [1.54, 1.807) is 4.90 Å². The number of benzene rings is 2. The van der Waals surface area contributed by atoms with Crippen LogP contribution in [0.4, 0.5) is 10.5 Å². The van der Waals surface area contributed by atoms with Crippen LogP contribution in [0.25, 0.3) is 0 Å². The van der Waals surface area contributed by atoms with Crippen LogP contribution in [0.15, 0.2) is 59.5 Å². The van der Waals surface area contributed by atoms with Crippen molar-refractivity contribution in [1.29, 1.82) is 0 Å². The molecule has 166 valence electrons. The molecule has 0 aromatic heterocycles. The van der Waals surface area contributed by atoms with Crippen molar-refractivity contribution in [2.45, 2.75) is 11.4 Å². The average molecular weight is 447 g/mol. The fourth-order valence-corrected chi connectivity index (χ4v) is 4.21. The van der Waals surface area contributed by atoms with Crippen molar-refractivity contribution in [2.24, 2.45) is 0 Å². The number of nitrogens with one attached hydrogen (secondary N) is 2. The maximum Gasteiger partial charge on any atom is 0.411 e. The van der Waals surface area contributed by atoms with Crippen molar-refractivity contribution in [3.8, 4) is 0 Å². The summed E-state index contributed by atoms with van der Waals surface area (Å²) < 4.78 is 31.8. The lowest BCUT2D eigenvalue weighted by atomic mass is 10.2. The van der Waals surface area contributed by atoms with Gasteiger partial charge in [0.15, 0.2) is 0 Å². The average Bonchev–Trinajstić information content (AvgIpc) is 2.79. The van der Waals surface area contributed by atoms with E-state index in [1.165, 1.54) is 36.9 Å². The summed E-state index contributed by atoms with van der Waals surface area (Å²) in [6.45, 7) is 3.12. The molecular formula is C21H26N4O5S. The molecule has 10 heteroatoms. The van der Waals surface area contributed by atoms with E-state index in [2.05, 4.69) is 31.8 Å². The molecule has 1 aliphatic rings. The van der Waals surface area contributed by atoms with E-state index in [9.17, 15) is 18.0 Å². The molecule has 0 unspecified atom stereocenters. The SMILES string of the molecule is COC(=O)Nc1ccc(S(=O)(=O)NCC(=O)N2CCN(Cc3ccccc3)CC2)cc1. The fraction of sp³-hybridized carbons (Fsp3) is 0.333. The Labute approximate surface area is 182 Å². The lowest BCUT2D eigenvalue weighted by molar-refractivity contribution is -0.131. The summed E-state index contributed by atoms with van der Waals surface area (Å²) in [5, 5.41) is 2.44. The number of carbonyl (C=O) groups excluding carboxylic acids is 2. The first kappa shape index (κ1) is 22.7. The minimum atomic E-state index is -3.85. The van der Waals surface area contributed by atoms with Gasteiger partial charge in [-0.3, -0.25) is 15.0 Å². The van der Waals surface area contributed by atoms with Gasteiger partial charge in [-0.15, -0.1) is 0 Å². The van der Waals surface area contributed by atoms with E-state index in [1.807, 2.05) is 18.2 Å². The molecule has 0 bridgehead atoms. The van der Waals surface area contributed by atoms with E-state index in [0.29, 0.717) is 18.8 Å². The molecule has 2 N–H and O–H groups in total. The Bertz CT molecular complexity index is 988. The summed E-state index contributed by atoms with van der Waals surface area (Å²) in [4.78, 5) is 27.6. The summed E-state index contributed by atoms with van der Waals surface area (Å²) >= 11 is 0. The molecular weight excluding hydrogens is 420 g/mol. The molecule has 0 atom stereocenters. The molecule has 0 radical (unpaired) electrons. The maximum atomic E-state index is 12.5. The quantitative estimate of drug-likeness (QED) is 0.667. The number of piperazine rings is 1. The van der Waals surface area contributed by atoms with E-state index in [0.717, 1.165) is 19.6 Å². The highest BCUT2D eigenvalue weighted by Crippen LogP contribution is 2.14. The lowest BCUT2D eigenvalue weighted by Gasteiger charge is -2.34. The van der Waals surface area contributed by atoms with E-state index in [-0.39, 0.29) is 17.3 Å². The van der Waals surface area contributed by atoms with Gasteiger partial charge in [-0.2, -0.15) is 0 Å². The third-order valence-corrected chi connectivity index (χ3v) is 6.40. The van der Waals surface area contributed by atoms with Crippen LogP contribution < -0.4 is 10.0 Å². The highest BCUT2D eigenvalue weighted by atomic mass is 32.2. The van der Waals surface area contributed by atoms with Crippen molar-refractivity contribution >= 4 is 27.7 Å². The highest BCUT2D eigenvalue weighted by Gasteiger charge is 2.23.